The van der Waals surface area contributed by atoms with Crippen LogP contribution in [0.1, 0.15) is 26.6 Å². The molecular weight excluding hydrogens is 238 g/mol. The van der Waals surface area contributed by atoms with Gasteiger partial charge in [-0.25, -0.2) is 9.78 Å². The van der Waals surface area contributed by atoms with Crippen molar-refractivity contribution in [3.05, 3.63) is 41.5 Å². The largest absolute Gasteiger partial charge is 0.477 e. The van der Waals surface area contributed by atoms with Crippen molar-refractivity contribution >= 4 is 17.6 Å². The summed E-state index contributed by atoms with van der Waals surface area (Å²) >= 11 is 0. The molecule has 2 aromatic rings. The van der Waals surface area contributed by atoms with Crippen molar-refractivity contribution in [3.63, 3.8) is 0 Å². The molecule has 0 atom stereocenters. The molecule has 18 heavy (non-hydrogen) atoms. The van der Waals surface area contributed by atoms with E-state index in [2.05, 4.69) is 15.5 Å². The van der Waals surface area contributed by atoms with Gasteiger partial charge in [0.2, 0.25) is 5.76 Å². The Labute approximate surface area is 101 Å². The molecule has 0 aliphatic heterocycles. The van der Waals surface area contributed by atoms with Crippen molar-refractivity contribution in [3.8, 4) is 0 Å². The number of carbonyl (C=O) groups excluding carboxylic acids is 1. The molecule has 0 unspecified atom stereocenters. The van der Waals surface area contributed by atoms with Crippen LogP contribution in [0.15, 0.2) is 29.0 Å². The first-order valence-electron chi connectivity index (χ1n) is 5.00. The lowest BCUT2D eigenvalue weighted by Gasteiger charge is -2.02. The smallest absolute Gasteiger partial charge is 0.354 e. The highest BCUT2D eigenvalue weighted by Gasteiger charge is 2.14. The van der Waals surface area contributed by atoms with Crippen molar-refractivity contribution < 1.29 is 19.2 Å². The summed E-state index contributed by atoms with van der Waals surface area (Å²) < 4.78 is 4.78. The van der Waals surface area contributed by atoms with Crippen molar-refractivity contribution in [1.29, 1.82) is 0 Å². The molecule has 1 amide bonds. The van der Waals surface area contributed by atoms with Crippen LogP contribution in [0.2, 0.25) is 0 Å². The number of pyridine rings is 1. The summed E-state index contributed by atoms with van der Waals surface area (Å²) in [5.74, 6) is -1.48. The van der Waals surface area contributed by atoms with Gasteiger partial charge in [-0.2, -0.15) is 0 Å². The summed E-state index contributed by atoms with van der Waals surface area (Å²) in [6.45, 7) is 1.69. The summed E-state index contributed by atoms with van der Waals surface area (Å²) in [6, 6.07) is 2.74. The molecule has 7 nitrogen and oxygen atoms in total. The van der Waals surface area contributed by atoms with Crippen molar-refractivity contribution in [2.75, 3.05) is 5.32 Å². The van der Waals surface area contributed by atoms with Crippen LogP contribution < -0.4 is 5.32 Å². The molecule has 0 aliphatic carbocycles. The monoisotopic (exact) mass is 247 g/mol. The minimum atomic E-state index is -1.13. The lowest BCUT2D eigenvalue weighted by molar-refractivity contribution is 0.0690. The van der Waals surface area contributed by atoms with Gasteiger partial charge in [-0.1, -0.05) is 5.16 Å². The van der Waals surface area contributed by atoms with Gasteiger partial charge in [-0.15, -0.1) is 0 Å². The van der Waals surface area contributed by atoms with Crippen molar-refractivity contribution in [2.45, 2.75) is 6.92 Å². The SMILES string of the molecule is Cc1cnoc1C(=O)Nc1ccc(C(=O)O)nc1. The highest BCUT2D eigenvalue weighted by molar-refractivity contribution is 6.03. The van der Waals surface area contributed by atoms with E-state index < -0.39 is 11.9 Å². The number of aryl methyl sites for hydroxylation is 1. The molecule has 2 aromatic heterocycles. The fraction of sp³-hybridized carbons (Fsp3) is 0.0909. The molecule has 7 heteroatoms. The Kier molecular flexibility index (Phi) is 3.05. The Bertz CT molecular complexity index is 589. The third-order valence-electron chi connectivity index (χ3n) is 2.20. The van der Waals surface area contributed by atoms with Crippen molar-refractivity contribution in [2.24, 2.45) is 0 Å². The summed E-state index contributed by atoms with van der Waals surface area (Å²) in [6.07, 6.45) is 2.69. The zero-order chi connectivity index (χ0) is 13.1. The molecular formula is C11H9N3O4. The minimum Gasteiger partial charge on any atom is -0.477 e. The van der Waals surface area contributed by atoms with Gasteiger partial charge in [0.05, 0.1) is 18.1 Å². The van der Waals surface area contributed by atoms with Gasteiger partial charge in [0, 0.05) is 5.56 Å². The van der Waals surface area contributed by atoms with Gasteiger partial charge in [-0.3, -0.25) is 4.79 Å². The van der Waals surface area contributed by atoms with Gasteiger partial charge in [0.15, 0.2) is 0 Å². The average Bonchev–Trinajstić information content (AvgIpc) is 2.76. The van der Waals surface area contributed by atoms with E-state index in [1.54, 1.807) is 6.92 Å². The summed E-state index contributed by atoms with van der Waals surface area (Å²) in [5.41, 5.74) is 0.896. The van der Waals surface area contributed by atoms with Crippen LogP contribution in [0, 0.1) is 6.92 Å². The Morgan fingerprint density at radius 3 is 2.61 bits per heavy atom. The predicted molar refractivity (Wildman–Crippen MR) is 60.4 cm³/mol. The van der Waals surface area contributed by atoms with Gasteiger partial charge in [0.1, 0.15) is 5.69 Å². The first-order chi connectivity index (χ1) is 8.58. The van der Waals surface area contributed by atoms with E-state index >= 15 is 0 Å². The third-order valence-corrected chi connectivity index (χ3v) is 2.20. The number of carbonyl (C=O) groups is 2. The average molecular weight is 247 g/mol. The van der Waals surface area contributed by atoms with E-state index in [-0.39, 0.29) is 11.5 Å². The van der Waals surface area contributed by atoms with E-state index in [9.17, 15) is 9.59 Å². The second-order valence-corrected chi connectivity index (χ2v) is 3.53. The topological polar surface area (TPSA) is 105 Å². The number of nitrogens with one attached hydrogen (secondary N) is 1. The van der Waals surface area contributed by atoms with E-state index in [1.165, 1.54) is 24.5 Å². The van der Waals surface area contributed by atoms with E-state index in [4.69, 9.17) is 9.63 Å². The van der Waals surface area contributed by atoms with E-state index in [1.807, 2.05) is 0 Å². The first-order valence-corrected chi connectivity index (χ1v) is 5.00. The fourth-order valence-corrected chi connectivity index (χ4v) is 1.29. The zero-order valence-corrected chi connectivity index (χ0v) is 9.38. The number of nitrogens with zero attached hydrogens (tertiary/aromatic N) is 2. The molecule has 0 spiro atoms. The molecule has 0 fully saturated rings. The standard InChI is InChI=1S/C11H9N3O4/c1-6-4-13-18-9(6)10(15)14-7-2-3-8(11(16)17)12-5-7/h2-5H,1H3,(H,14,15)(H,16,17). The maximum Gasteiger partial charge on any atom is 0.354 e. The lowest BCUT2D eigenvalue weighted by atomic mass is 10.2. The van der Waals surface area contributed by atoms with E-state index in [0.717, 1.165) is 0 Å². The summed E-state index contributed by atoms with van der Waals surface area (Å²) in [7, 11) is 0. The number of hydrogen-bond donors (Lipinski definition) is 2. The zero-order valence-electron chi connectivity index (χ0n) is 9.38. The van der Waals surface area contributed by atoms with Crippen molar-refractivity contribution in [1.82, 2.24) is 10.1 Å². The van der Waals surface area contributed by atoms with E-state index in [0.29, 0.717) is 11.3 Å². The normalized spacial score (nSPS) is 10.1. The molecule has 2 rings (SSSR count). The highest BCUT2D eigenvalue weighted by atomic mass is 16.5. The van der Waals surface area contributed by atoms with Crippen LogP contribution in [0.4, 0.5) is 5.69 Å². The van der Waals surface area contributed by atoms with Gasteiger partial charge >= 0.3 is 5.97 Å². The van der Waals surface area contributed by atoms with Crippen LogP contribution in [0.5, 0.6) is 0 Å². The Morgan fingerprint density at radius 1 is 1.33 bits per heavy atom. The van der Waals surface area contributed by atoms with Gasteiger partial charge < -0.3 is 14.9 Å². The van der Waals surface area contributed by atoms with Crippen LogP contribution >= 0.6 is 0 Å². The number of carboxylic acids is 1. The number of aromatic nitrogens is 2. The second-order valence-electron chi connectivity index (χ2n) is 3.53. The second kappa shape index (κ2) is 4.66. The van der Waals surface area contributed by atoms with Crippen LogP contribution in [0.25, 0.3) is 0 Å². The molecule has 0 saturated carbocycles. The molecule has 2 heterocycles. The summed E-state index contributed by atoms with van der Waals surface area (Å²) in [4.78, 5) is 26.0. The molecule has 2 N–H and O–H groups in total. The lowest BCUT2D eigenvalue weighted by Crippen LogP contribution is -2.12. The number of carboxylic acid groups (broad SMARTS) is 1. The quantitative estimate of drug-likeness (QED) is 0.847. The number of anilines is 1. The highest BCUT2D eigenvalue weighted by Crippen LogP contribution is 2.11. The Hall–Kier alpha value is -2.70. The molecule has 0 bridgehead atoms. The number of hydrogen-bond acceptors (Lipinski definition) is 5. The minimum absolute atomic E-state index is 0.0937. The molecule has 0 radical (unpaired) electrons. The molecule has 92 valence electrons. The van der Waals surface area contributed by atoms with Gasteiger partial charge in [-0.05, 0) is 19.1 Å². The number of amides is 1. The molecule has 0 aliphatic rings. The van der Waals surface area contributed by atoms with Crippen LogP contribution in [-0.4, -0.2) is 27.1 Å². The number of aromatic carboxylic acids is 1. The predicted octanol–water partition coefficient (Wildman–Crippen LogP) is 1.33. The van der Waals surface area contributed by atoms with Gasteiger partial charge in [0.25, 0.3) is 5.91 Å². The van der Waals surface area contributed by atoms with Crippen LogP contribution in [-0.2, 0) is 0 Å². The molecule has 0 aromatic carbocycles. The Morgan fingerprint density at radius 2 is 2.11 bits per heavy atom. The number of rotatable bonds is 3. The maximum atomic E-state index is 11.7. The Balaban J connectivity index is 2.13. The third kappa shape index (κ3) is 2.34. The summed E-state index contributed by atoms with van der Waals surface area (Å²) in [5, 5.41) is 14.7. The first kappa shape index (κ1) is 11.8. The van der Waals surface area contributed by atoms with Crippen LogP contribution in [0.3, 0.4) is 0 Å². The molecule has 0 saturated heterocycles. The maximum absolute atomic E-state index is 11.7. The fourth-order valence-electron chi connectivity index (χ4n) is 1.29.